The van der Waals surface area contributed by atoms with Gasteiger partial charge in [-0.25, -0.2) is 0 Å². The molecule has 0 aliphatic carbocycles. The second kappa shape index (κ2) is 2.76. The van der Waals surface area contributed by atoms with E-state index in [-0.39, 0.29) is 11.5 Å². The van der Waals surface area contributed by atoms with Crippen molar-refractivity contribution >= 4 is 11.5 Å². The van der Waals surface area contributed by atoms with Crippen molar-refractivity contribution in [3.05, 3.63) is 23.8 Å². The van der Waals surface area contributed by atoms with Crippen LogP contribution in [0.1, 0.15) is 16.8 Å². The molecule has 2 rings (SSSR count). The number of hydrogen-bond acceptors (Lipinski definition) is 3. The van der Waals surface area contributed by atoms with E-state index in [9.17, 15) is 9.90 Å². The Morgan fingerprint density at radius 2 is 2.23 bits per heavy atom. The number of phenols is 1. The maximum absolute atomic E-state index is 11.4. The summed E-state index contributed by atoms with van der Waals surface area (Å²) in [5, 5.41) is 9.25. The Kier molecular flexibility index (Phi) is 1.72. The van der Waals surface area contributed by atoms with Crippen molar-refractivity contribution in [1.82, 2.24) is 0 Å². The average Bonchev–Trinajstić information content (AvgIpc) is 2.12. The maximum Gasteiger partial charge on any atom is 0.166 e. The maximum atomic E-state index is 11.4. The number of hydrogen-bond donors (Lipinski definition) is 1. The van der Waals surface area contributed by atoms with Gasteiger partial charge in [0.25, 0.3) is 0 Å². The SMILES string of the molecule is CN1CCC(=O)c2ccc(O)cc21. The second-order valence-corrected chi connectivity index (χ2v) is 3.30. The molecule has 68 valence electrons. The number of nitrogens with zero attached hydrogens (tertiary/aromatic N) is 1. The molecule has 1 heterocycles. The summed E-state index contributed by atoms with van der Waals surface area (Å²) in [7, 11) is 1.92. The molecule has 0 aromatic heterocycles. The molecule has 3 nitrogen and oxygen atoms in total. The molecule has 0 amide bonds. The van der Waals surface area contributed by atoms with Crippen LogP contribution in [0.3, 0.4) is 0 Å². The highest BCUT2D eigenvalue weighted by Crippen LogP contribution is 2.29. The Hall–Kier alpha value is -1.51. The number of rotatable bonds is 0. The van der Waals surface area contributed by atoms with Crippen molar-refractivity contribution < 1.29 is 9.90 Å². The van der Waals surface area contributed by atoms with E-state index >= 15 is 0 Å². The number of phenolic OH excluding ortho intramolecular Hbond substituents is 1. The van der Waals surface area contributed by atoms with Crippen LogP contribution in [0.25, 0.3) is 0 Å². The number of carbonyl (C=O) groups excluding carboxylic acids is 1. The largest absolute Gasteiger partial charge is 0.508 e. The molecule has 0 spiro atoms. The Bertz CT molecular complexity index is 360. The third-order valence-corrected chi connectivity index (χ3v) is 2.37. The van der Waals surface area contributed by atoms with Gasteiger partial charge in [0.15, 0.2) is 5.78 Å². The van der Waals surface area contributed by atoms with Gasteiger partial charge >= 0.3 is 0 Å². The number of benzene rings is 1. The molecule has 3 heteroatoms. The zero-order valence-corrected chi connectivity index (χ0v) is 7.45. The molecule has 13 heavy (non-hydrogen) atoms. The number of anilines is 1. The highest BCUT2D eigenvalue weighted by Gasteiger charge is 2.20. The first kappa shape index (κ1) is 8.10. The monoisotopic (exact) mass is 177 g/mol. The fourth-order valence-corrected chi connectivity index (χ4v) is 1.60. The van der Waals surface area contributed by atoms with Gasteiger partial charge in [-0.1, -0.05) is 0 Å². The van der Waals surface area contributed by atoms with Crippen LogP contribution in [0.4, 0.5) is 5.69 Å². The van der Waals surface area contributed by atoms with E-state index in [1.807, 2.05) is 11.9 Å². The van der Waals surface area contributed by atoms with Crippen molar-refractivity contribution in [1.29, 1.82) is 0 Å². The topological polar surface area (TPSA) is 40.5 Å². The second-order valence-electron chi connectivity index (χ2n) is 3.30. The minimum Gasteiger partial charge on any atom is -0.508 e. The van der Waals surface area contributed by atoms with Gasteiger partial charge < -0.3 is 10.0 Å². The Labute approximate surface area is 76.6 Å². The molecule has 1 aromatic carbocycles. The standard InChI is InChI=1S/C10H11NO2/c1-11-5-4-10(13)8-3-2-7(12)6-9(8)11/h2-3,6,12H,4-5H2,1H3. The van der Waals surface area contributed by atoms with E-state index in [1.165, 1.54) is 0 Å². The molecule has 0 atom stereocenters. The van der Waals surface area contributed by atoms with Gasteiger partial charge in [-0.05, 0) is 12.1 Å². The number of aromatic hydroxyl groups is 1. The average molecular weight is 177 g/mol. The zero-order chi connectivity index (χ0) is 9.42. The fourth-order valence-electron chi connectivity index (χ4n) is 1.60. The van der Waals surface area contributed by atoms with Gasteiger partial charge in [-0.2, -0.15) is 0 Å². The van der Waals surface area contributed by atoms with Crippen LogP contribution in [0, 0.1) is 0 Å². The first-order valence-electron chi connectivity index (χ1n) is 4.26. The number of ketones is 1. The first-order chi connectivity index (χ1) is 6.18. The van der Waals surface area contributed by atoms with Gasteiger partial charge in [-0.3, -0.25) is 4.79 Å². The summed E-state index contributed by atoms with van der Waals surface area (Å²) in [5.41, 5.74) is 1.54. The summed E-state index contributed by atoms with van der Waals surface area (Å²) in [6, 6.07) is 4.87. The molecular formula is C10H11NO2. The van der Waals surface area contributed by atoms with E-state index in [4.69, 9.17) is 0 Å². The molecule has 0 bridgehead atoms. The molecular weight excluding hydrogens is 166 g/mol. The van der Waals surface area contributed by atoms with Crippen molar-refractivity contribution in [2.75, 3.05) is 18.5 Å². The minimum absolute atomic E-state index is 0.160. The molecule has 1 aliphatic rings. The highest BCUT2D eigenvalue weighted by atomic mass is 16.3. The summed E-state index contributed by atoms with van der Waals surface area (Å²) >= 11 is 0. The predicted molar refractivity (Wildman–Crippen MR) is 50.3 cm³/mol. The van der Waals surface area contributed by atoms with Crippen LogP contribution in [-0.2, 0) is 0 Å². The minimum atomic E-state index is 0.160. The van der Waals surface area contributed by atoms with Crippen LogP contribution < -0.4 is 4.90 Å². The normalized spacial score (nSPS) is 15.8. The lowest BCUT2D eigenvalue weighted by molar-refractivity contribution is 0.0980. The third kappa shape index (κ3) is 1.26. The smallest absolute Gasteiger partial charge is 0.166 e. The van der Waals surface area contributed by atoms with Crippen LogP contribution in [-0.4, -0.2) is 24.5 Å². The molecule has 0 saturated heterocycles. The number of fused-ring (bicyclic) bond motifs is 1. The van der Waals surface area contributed by atoms with Gasteiger partial charge in [0, 0.05) is 31.6 Å². The molecule has 0 unspecified atom stereocenters. The lowest BCUT2D eigenvalue weighted by Crippen LogP contribution is -2.28. The van der Waals surface area contributed by atoms with E-state index in [0.717, 1.165) is 12.2 Å². The van der Waals surface area contributed by atoms with E-state index < -0.39 is 0 Å². The molecule has 1 aliphatic heterocycles. The molecule has 1 aromatic rings. The lowest BCUT2D eigenvalue weighted by atomic mass is 10.0. The van der Waals surface area contributed by atoms with Gasteiger partial charge in [0.2, 0.25) is 0 Å². The highest BCUT2D eigenvalue weighted by molar-refractivity contribution is 6.03. The van der Waals surface area contributed by atoms with Gasteiger partial charge in [0.05, 0.1) is 5.69 Å². The summed E-state index contributed by atoms with van der Waals surface area (Å²) < 4.78 is 0. The van der Waals surface area contributed by atoms with Gasteiger partial charge in [0.1, 0.15) is 5.75 Å². The zero-order valence-electron chi connectivity index (χ0n) is 7.45. The van der Waals surface area contributed by atoms with E-state index in [1.54, 1.807) is 18.2 Å². The summed E-state index contributed by atoms with van der Waals surface area (Å²) in [4.78, 5) is 13.4. The van der Waals surface area contributed by atoms with Crippen molar-refractivity contribution in [2.24, 2.45) is 0 Å². The van der Waals surface area contributed by atoms with Crippen molar-refractivity contribution in [3.63, 3.8) is 0 Å². The lowest BCUT2D eigenvalue weighted by Gasteiger charge is -2.26. The number of carbonyl (C=O) groups is 1. The molecule has 0 radical (unpaired) electrons. The van der Waals surface area contributed by atoms with Crippen LogP contribution >= 0.6 is 0 Å². The molecule has 0 saturated carbocycles. The van der Waals surface area contributed by atoms with E-state index in [0.29, 0.717) is 12.0 Å². The predicted octanol–water partition coefficient (Wildman–Crippen LogP) is 1.41. The Morgan fingerprint density at radius 1 is 1.46 bits per heavy atom. The fraction of sp³-hybridized carbons (Fsp3) is 0.300. The van der Waals surface area contributed by atoms with Gasteiger partial charge in [-0.15, -0.1) is 0 Å². The van der Waals surface area contributed by atoms with Crippen LogP contribution in [0.15, 0.2) is 18.2 Å². The quantitative estimate of drug-likeness (QED) is 0.651. The van der Waals surface area contributed by atoms with E-state index in [2.05, 4.69) is 0 Å². The Balaban J connectivity index is 2.57. The summed E-state index contributed by atoms with van der Waals surface area (Å²) in [6.07, 6.45) is 0.564. The first-order valence-corrected chi connectivity index (χ1v) is 4.26. The Morgan fingerprint density at radius 3 is 3.00 bits per heavy atom. The molecule has 0 fully saturated rings. The summed E-state index contributed by atoms with van der Waals surface area (Å²) in [5.74, 6) is 0.369. The van der Waals surface area contributed by atoms with Crippen LogP contribution in [0.2, 0.25) is 0 Å². The number of Topliss-reactive ketones (excluding diaryl/α,β-unsaturated/α-hetero) is 1. The summed E-state index contributed by atoms with van der Waals surface area (Å²) in [6.45, 7) is 0.731. The molecule has 1 N–H and O–H groups in total. The van der Waals surface area contributed by atoms with Crippen LogP contribution in [0.5, 0.6) is 5.75 Å². The van der Waals surface area contributed by atoms with Crippen molar-refractivity contribution in [2.45, 2.75) is 6.42 Å². The van der Waals surface area contributed by atoms with Crippen molar-refractivity contribution in [3.8, 4) is 5.75 Å². The third-order valence-electron chi connectivity index (χ3n) is 2.37.